The Labute approximate surface area is 143 Å². The molecule has 130 valence electrons. The maximum Gasteiger partial charge on any atom is 0.339 e. The van der Waals surface area contributed by atoms with Crippen molar-refractivity contribution in [3.63, 3.8) is 0 Å². The van der Waals surface area contributed by atoms with Gasteiger partial charge in [-0.2, -0.15) is 0 Å². The van der Waals surface area contributed by atoms with Crippen LogP contribution in [0.3, 0.4) is 0 Å². The summed E-state index contributed by atoms with van der Waals surface area (Å²) in [4.78, 5) is 12.2. The fraction of sp³-hybridized carbons (Fsp3) is 0.571. The Morgan fingerprint density at radius 1 is 1.12 bits per heavy atom. The van der Waals surface area contributed by atoms with Gasteiger partial charge in [0.15, 0.2) is 0 Å². The maximum atomic E-state index is 12.2. The number of aryl methyl sites for hydroxylation is 1. The lowest BCUT2D eigenvalue weighted by Gasteiger charge is -2.30. The lowest BCUT2D eigenvalue weighted by atomic mass is 9.74. The van der Waals surface area contributed by atoms with Crippen molar-refractivity contribution in [2.75, 3.05) is 0 Å². The predicted octanol–water partition coefficient (Wildman–Crippen LogP) is 5.45. The average Bonchev–Trinajstić information content (AvgIpc) is 3.04. The van der Waals surface area contributed by atoms with Crippen molar-refractivity contribution in [3.05, 3.63) is 39.7 Å². The molecule has 24 heavy (non-hydrogen) atoms. The number of unbranched alkanes of at least 4 members (excludes halogenated alkanes) is 1. The van der Waals surface area contributed by atoms with Crippen LogP contribution in [0.25, 0.3) is 11.0 Å². The Balaban J connectivity index is 2.09. The van der Waals surface area contributed by atoms with Crippen molar-refractivity contribution in [3.8, 4) is 5.75 Å². The van der Waals surface area contributed by atoms with Crippen LogP contribution in [0, 0.1) is 0 Å². The number of hydrogen-bond donors (Lipinski definition) is 1. The quantitative estimate of drug-likeness (QED) is 0.717. The zero-order valence-electron chi connectivity index (χ0n) is 14.9. The second kappa shape index (κ2) is 7.00. The Hall–Kier alpha value is -1.77. The third-order valence-electron chi connectivity index (χ3n) is 5.60. The van der Waals surface area contributed by atoms with Gasteiger partial charge in [0.05, 0.1) is 5.39 Å². The molecule has 1 aromatic carbocycles. The molecule has 0 spiro atoms. The normalized spacial score (nSPS) is 16.8. The first-order valence-corrected chi connectivity index (χ1v) is 9.40. The van der Waals surface area contributed by atoms with E-state index in [1.807, 2.05) is 19.1 Å². The van der Waals surface area contributed by atoms with E-state index in [1.54, 1.807) is 6.07 Å². The molecular weight excluding hydrogens is 300 g/mol. The van der Waals surface area contributed by atoms with Gasteiger partial charge in [-0.15, -0.1) is 0 Å². The molecule has 1 N–H and O–H groups in total. The standard InChI is InChI=1S/C21H28O3/c1-3-5-9-21(10-6-7-11-21)16-13-18(22)17-12-15(8-4-2)20(23)24-19(17)14-16/h12-14,22H,3-11H2,1-2H3. The molecule has 0 atom stereocenters. The lowest BCUT2D eigenvalue weighted by molar-refractivity contribution is 0.387. The molecule has 1 aliphatic carbocycles. The fourth-order valence-corrected chi connectivity index (χ4v) is 4.24. The molecule has 0 saturated heterocycles. The number of aromatic hydroxyl groups is 1. The molecule has 3 nitrogen and oxygen atoms in total. The highest BCUT2D eigenvalue weighted by atomic mass is 16.4. The molecule has 1 aromatic heterocycles. The van der Waals surface area contributed by atoms with Crippen LogP contribution in [-0.4, -0.2) is 5.11 Å². The van der Waals surface area contributed by atoms with Gasteiger partial charge < -0.3 is 9.52 Å². The molecule has 0 bridgehead atoms. The second-order valence-electron chi connectivity index (χ2n) is 7.31. The van der Waals surface area contributed by atoms with Gasteiger partial charge in [-0.3, -0.25) is 0 Å². The predicted molar refractivity (Wildman–Crippen MR) is 97.8 cm³/mol. The van der Waals surface area contributed by atoms with E-state index < -0.39 is 0 Å². The fourth-order valence-electron chi connectivity index (χ4n) is 4.24. The molecule has 1 fully saturated rings. The number of fused-ring (bicyclic) bond motifs is 1. The maximum absolute atomic E-state index is 12.2. The van der Waals surface area contributed by atoms with Gasteiger partial charge in [-0.05, 0) is 54.9 Å². The Morgan fingerprint density at radius 2 is 1.88 bits per heavy atom. The van der Waals surface area contributed by atoms with Gasteiger partial charge in [0.2, 0.25) is 0 Å². The third-order valence-corrected chi connectivity index (χ3v) is 5.60. The largest absolute Gasteiger partial charge is 0.507 e. The smallest absolute Gasteiger partial charge is 0.339 e. The summed E-state index contributed by atoms with van der Waals surface area (Å²) >= 11 is 0. The van der Waals surface area contributed by atoms with Crippen LogP contribution in [0.5, 0.6) is 5.75 Å². The van der Waals surface area contributed by atoms with E-state index in [9.17, 15) is 9.90 Å². The topological polar surface area (TPSA) is 50.4 Å². The summed E-state index contributed by atoms with van der Waals surface area (Å²) in [7, 11) is 0. The summed E-state index contributed by atoms with van der Waals surface area (Å²) in [5.41, 5.74) is 2.19. The van der Waals surface area contributed by atoms with Crippen LogP contribution in [0.15, 0.2) is 27.4 Å². The van der Waals surface area contributed by atoms with Crippen LogP contribution in [-0.2, 0) is 11.8 Å². The summed E-state index contributed by atoms with van der Waals surface area (Å²) in [6.07, 6.45) is 9.88. The zero-order chi connectivity index (χ0) is 17.2. The van der Waals surface area contributed by atoms with Gasteiger partial charge >= 0.3 is 5.63 Å². The number of phenolic OH excluding ortho intramolecular Hbond substituents is 1. The Bertz CT molecular complexity index is 766. The lowest BCUT2D eigenvalue weighted by Crippen LogP contribution is -2.22. The number of benzene rings is 1. The number of hydrogen-bond acceptors (Lipinski definition) is 3. The molecule has 1 saturated carbocycles. The molecule has 0 amide bonds. The molecule has 2 aromatic rings. The van der Waals surface area contributed by atoms with Gasteiger partial charge in [0.1, 0.15) is 11.3 Å². The van der Waals surface area contributed by atoms with Crippen LogP contribution >= 0.6 is 0 Å². The Morgan fingerprint density at radius 3 is 2.54 bits per heavy atom. The Kier molecular flexibility index (Phi) is 4.98. The minimum atomic E-state index is -0.269. The highest BCUT2D eigenvalue weighted by Gasteiger charge is 2.35. The summed E-state index contributed by atoms with van der Waals surface area (Å²) in [6.45, 7) is 4.25. The minimum Gasteiger partial charge on any atom is -0.507 e. The van der Waals surface area contributed by atoms with Crippen molar-refractivity contribution < 1.29 is 9.52 Å². The molecule has 1 aliphatic rings. The van der Waals surface area contributed by atoms with Crippen molar-refractivity contribution in [2.45, 2.75) is 77.0 Å². The van der Waals surface area contributed by atoms with Crippen LogP contribution < -0.4 is 5.63 Å². The summed E-state index contributed by atoms with van der Waals surface area (Å²) < 4.78 is 5.56. The van der Waals surface area contributed by atoms with Crippen molar-refractivity contribution in [1.29, 1.82) is 0 Å². The van der Waals surface area contributed by atoms with Gasteiger partial charge in [-0.1, -0.05) is 46.0 Å². The van der Waals surface area contributed by atoms with Crippen LogP contribution in [0.1, 0.15) is 76.3 Å². The van der Waals surface area contributed by atoms with Crippen LogP contribution in [0.4, 0.5) is 0 Å². The first kappa shape index (κ1) is 17.1. The highest BCUT2D eigenvalue weighted by molar-refractivity contribution is 5.84. The highest BCUT2D eigenvalue weighted by Crippen LogP contribution is 2.46. The van der Waals surface area contributed by atoms with E-state index >= 15 is 0 Å². The van der Waals surface area contributed by atoms with Crippen molar-refractivity contribution in [1.82, 2.24) is 0 Å². The SMILES string of the molecule is CCCCC1(c2cc(O)c3cc(CCC)c(=O)oc3c2)CCCC1. The summed E-state index contributed by atoms with van der Waals surface area (Å²) in [6, 6.07) is 5.73. The first-order valence-electron chi connectivity index (χ1n) is 9.40. The monoisotopic (exact) mass is 328 g/mol. The second-order valence-corrected chi connectivity index (χ2v) is 7.31. The molecular formula is C21H28O3. The van der Waals surface area contributed by atoms with Crippen molar-refractivity contribution >= 4 is 11.0 Å². The molecule has 0 unspecified atom stereocenters. The molecule has 1 heterocycles. The summed E-state index contributed by atoms with van der Waals surface area (Å²) in [5.74, 6) is 0.242. The molecule has 0 radical (unpaired) electrons. The average molecular weight is 328 g/mol. The van der Waals surface area contributed by atoms with Gasteiger partial charge in [-0.25, -0.2) is 4.79 Å². The molecule has 3 rings (SSSR count). The number of rotatable bonds is 6. The zero-order valence-corrected chi connectivity index (χ0v) is 14.9. The van der Waals surface area contributed by atoms with Gasteiger partial charge in [0, 0.05) is 5.56 Å². The van der Waals surface area contributed by atoms with E-state index in [0.717, 1.165) is 31.2 Å². The van der Waals surface area contributed by atoms with Gasteiger partial charge in [0.25, 0.3) is 0 Å². The van der Waals surface area contributed by atoms with E-state index in [4.69, 9.17) is 4.42 Å². The third kappa shape index (κ3) is 3.09. The summed E-state index contributed by atoms with van der Waals surface area (Å²) in [5, 5.41) is 11.2. The first-order chi connectivity index (χ1) is 11.6. The number of phenols is 1. The molecule has 3 heteroatoms. The van der Waals surface area contributed by atoms with E-state index in [0.29, 0.717) is 23.0 Å². The molecule has 0 aliphatic heterocycles. The van der Waals surface area contributed by atoms with E-state index in [-0.39, 0.29) is 16.8 Å². The van der Waals surface area contributed by atoms with E-state index in [2.05, 4.69) is 6.92 Å². The van der Waals surface area contributed by atoms with Crippen LogP contribution in [0.2, 0.25) is 0 Å². The minimum absolute atomic E-state index is 0.141. The van der Waals surface area contributed by atoms with Crippen molar-refractivity contribution in [2.24, 2.45) is 0 Å². The van der Waals surface area contributed by atoms with E-state index in [1.165, 1.54) is 25.7 Å².